The molecule has 0 fully saturated rings. The Balaban J connectivity index is 2.49. The van der Waals surface area contributed by atoms with Crippen molar-refractivity contribution in [1.82, 2.24) is 0 Å². The maximum Gasteiger partial charge on any atom is 0.108 e. The van der Waals surface area contributed by atoms with Gasteiger partial charge in [0.2, 0.25) is 0 Å². The normalized spacial score (nSPS) is 33.4. The van der Waals surface area contributed by atoms with Gasteiger partial charge in [0.15, 0.2) is 0 Å². The van der Waals surface area contributed by atoms with Crippen molar-refractivity contribution in [2.75, 3.05) is 0 Å². The summed E-state index contributed by atoms with van der Waals surface area (Å²) in [6.45, 7) is 1.66. The number of hydrogen-bond donors (Lipinski definition) is 2. The number of aliphatic hydroxyl groups excluding tert-OH is 1. The second-order valence-corrected chi connectivity index (χ2v) is 3.64. The van der Waals surface area contributed by atoms with E-state index in [0.29, 0.717) is 6.42 Å². The number of hydrogen-bond acceptors (Lipinski definition) is 2. The molecule has 0 unspecified atom stereocenters. The Morgan fingerprint density at radius 2 is 2.08 bits per heavy atom. The van der Waals surface area contributed by atoms with Crippen LogP contribution in [-0.4, -0.2) is 15.8 Å². The zero-order valence-electron chi connectivity index (χ0n) is 6.99. The van der Waals surface area contributed by atoms with E-state index < -0.39 is 11.7 Å². The number of fused-ring (bicyclic) bond motifs is 1. The summed E-state index contributed by atoms with van der Waals surface area (Å²) in [7, 11) is 0. The Morgan fingerprint density at radius 1 is 1.42 bits per heavy atom. The van der Waals surface area contributed by atoms with E-state index in [1.54, 1.807) is 6.92 Å². The van der Waals surface area contributed by atoms with E-state index in [4.69, 9.17) is 0 Å². The van der Waals surface area contributed by atoms with Gasteiger partial charge in [-0.25, -0.2) is 0 Å². The van der Waals surface area contributed by atoms with Crippen molar-refractivity contribution < 1.29 is 10.2 Å². The lowest BCUT2D eigenvalue weighted by Gasteiger charge is -2.20. The largest absolute Gasteiger partial charge is 0.387 e. The predicted molar refractivity (Wildman–Crippen MR) is 45.7 cm³/mol. The first-order chi connectivity index (χ1) is 5.61. The summed E-state index contributed by atoms with van der Waals surface area (Å²) >= 11 is 0. The maximum atomic E-state index is 9.73. The molecule has 1 aromatic rings. The first-order valence-electron chi connectivity index (χ1n) is 4.09. The highest BCUT2D eigenvalue weighted by atomic mass is 16.3. The minimum Gasteiger partial charge on any atom is -0.387 e. The van der Waals surface area contributed by atoms with Crippen molar-refractivity contribution >= 4 is 0 Å². The van der Waals surface area contributed by atoms with Crippen LogP contribution in [-0.2, 0) is 6.42 Å². The van der Waals surface area contributed by atoms with Gasteiger partial charge in [-0.2, -0.15) is 0 Å². The molecule has 0 bridgehead atoms. The summed E-state index contributed by atoms with van der Waals surface area (Å²) < 4.78 is 0. The summed E-state index contributed by atoms with van der Waals surface area (Å²) in [5.74, 6) is 0. The zero-order chi connectivity index (χ0) is 8.77. The van der Waals surface area contributed by atoms with Crippen molar-refractivity contribution in [2.45, 2.75) is 25.0 Å². The zero-order valence-corrected chi connectivity index (χ0v) is 6.99. The van der Waals surface area contributed by atoms with E-state index in [1.165, 1.54) is 0 Å². The molecule has 1 aromatic carbocycles. The molecule has 0 aromatic heterocycles. The first-order valence-corrected chi connectivity index (χ1v) is 4.09. The highest BCUT2D eigenvalue weighted by Crippen LogP contribution is 2.38. The molecule has 1 aliphatic carbocycles. The third kappa shape index (κ3) is 0.958. The third-order valence-corrected chi connectivity index (χ3v) is 2.49. The van der Waals surface area contributed by atoms with E-state index in [0.717, 1.165) is 11.1 Å². The van der Waals surface area contributed by atoms with Gasteiger partial charge in [-0.1, -0.05) is 24.3 Å². The highest BCUT2D eigenvalue weighted by molar-refractivity contribution is 5.37. The standard InChI is InChI=1S/C10H12O2/c1-10(12)6-7-4-2-3-5-8(7)9(10)11/h2-5,9,11-12H,6H2,1H3/t9-,10-/m1/s1. The van der Waals surface area contributed by atoms with Gasteiger partial charge < -0.3 is 10.2 Å². The van der Waals surface area contributed by atoms with Gasteiger partial charge in [0.1, 0.15) is 6.10 Å². The van der Waals surface area contributed by atoms with Crippen LogP contribution < -0.4 is 0 Å². The van der Waals surface area contributed by atoms with E-state index in [9.17, 15) is 10.2 Å². The van der Waals surface area contributed by atoms with Crippen molar-refractivity contribution in [3.8, 4) is 0 Å². The van der Waals surface area contributed by atoms with Gasteiger partial charge in [-0.15, -0.1) is 0 Å². The Hall–Kier alpha value is -0.860. The number of benzene rings is 1. The van der Waals surface area contributed by atoms with Crippen LogP contribution in [0, 0.1) is 0 Å². The molecule has 2 N–H and O–H groups in total. The first kappa shape index (κ1) is 7.77. The van der Waals surface area contributed by atoms with Crippen molar-refractivity contribution in [3.63, 3.8) is 0 Å². The van der Waals surface area contributed by atoms with Gasteiger partial charge >= 0.3 is 0 Å². The van der Waals surface area contributed by atoms with Gasteiger partial charge in [-0.3, -0.25) is 0 Å². The third-order valence-electron chi connectivity index (χ3n) is 2.49. The summed E-state index contributed by atoms with van der Waals surface area (Å²) in [6, 6.07) is 7.61. The monoisotopic (exact) mass is 164 g/mol. The molecule has 2 heteroatoms. The Labute approximate surface area is 71.5 Å². The van der Waals surface area contributed by atoms with Crippen molar-refractivity contribution in [2.24, 2.45) is 0 Å². The molecule has 0 aliphatic heterocycles. The van der Waals surface area contributed by atoms with Crippen LogP contribution in [0.5, 0.6) is 0 Å². The maximum absolute atomic E-state index is 9.73. The molecule has 12 heavy (non-hydrogen) atoms. The lowest BCUT2D eigenvalue weighted by Crippen LogP contribution is -2.29. The van der Waals surface area contributed by atoms with E-state index in [-0.39, 0.29) is 0 Å². The molecule has 2 nitrogen and oxygen atoms in total. The number of aliphatic hydroxyl groups is 2. The van der Waals surface area contributed by atoms with Crippen LogP contribution in [0.3, 0.4) is 0 Å². The van der Waals surface area contributed by atoms with Gasteiger partial charge in [0.05, 0.1) is 5.60 Å². The molecular formula is C10H12O2. The molecule has 2 atom stereocenters. The minimum absolute atomic E-state index is 0.546. The Bertz CT molecular complexity index is 304. The second-order valence-electron chi connectivity index (χ2n) is 3.64. The van der Waals surface area contributed by atoms with Gasteiger partial charge in [0.25, 0.3) is 0 Å². The molecule has 1 aliphatic rings. The number of rotatable bonds is 0. The van der Waals surface area contributed by atoms with Crippen LogP contribution in [0.25, 0.3) is 0 Å². The van der Waals surface area contributed by atoms with Crippen LogP contribution in [0.4, 0.5) is 0 Å². The molecule has 0 radical (unpaired) electrons. The summed E-state index contributed by atoms with van der Waals surface area (Å²) in [5, 5.41) is 19.4. The fraction of sp³-hybridized carbons (Fsp3) is 0.400. The van der Waals surface area contributed by atoms with Crippen LogP contribution >= 0.6 is 0 Å². The summed E-state index contributed by atoms with van der Waals surface area (Å²) in [4.78, 5) is 0. The smallest absolute Gasteiger partial charge is 0.108 e. The topological polar surface area (TPSA) is 40.5 Å². The Morgan fingerprint density at radius 3 is 2.75 bits per heavy atom. The van der Waals surface area contributed by atoms with E-state index in [2.05, 4.69) is 0 Å². The van der Waals surface area contributed by atoms with Crippen molar-refractivity contribution in [3.05, 3.63) is 35.4 Å². The quantitative estimate of drug-likeness (QED) is 0.601. The van der Waals surface area contributed by atoms with Crippen LogP contribution in [0.2, 0.25) is 0 Å². The summed E-state index contributed by atoms with van der Waals surface area (Å²) in [5.41, 5.74) is 0.932. The molecule has 0 saturated carbocycles. The van der Waals surface area contributed by atoms with E-state index >= 15 is 0 Å². The molecule has 0 heterocycles. The fourth-order valence-electron chi connectivity index (χ4n) is 1.78. The molecular weight excluding hydrogens is 152 g/mol. The second kappa shape index (κ2) is 2.31. The molecule has 0 saturated heterocycles. The van der Waals surface area contributed by atoms with Crippen LogP contribution in [0.1, 0.15) is 24.2 Å². The van der Waals surface area contributed by atoms with E-state index in [1.807, 2.05) is 24.3 Å². The fourth-order valence-corrected chi connectivity index (χ4v) is 1.78. The molecule has 2 rings (SSSR count). The SMILES string of the molecule is C[C@@]1(O)Cc2ccccc2[C@H]1O. The van der Waals surface area contributed by atoms with Crippen molar-refractivity contribution in [1.29, 1.82) is 0 Å². The average molecular weight is 164 g/mol. The lowest BCUT2D eigenvalue weighted by molar-refractivity contribution is -0.0499. The average Bonchev–Trinajstić information content (AvgIpc) is 2.24. The lowest BCUT2D eigenvalue weighted by atomic mass is 10.0. The Kier molecular flexibility index (Phi) is 1.50. The molecule has 0 spiro atoms. The highest BCUT2D eigenvalue weighted by Gasteiger charge is 2.39. The van der Waals surface area contributed by atoms with Gasteiger partial charge in [-0.05, 0) is 18.1 Å². The summed E-state index contributed by atoms with van der Waals surface area (Å²) in [6.07, 6.45) is -0.182. The molecule has 64 valence electrons. The predicted octanol–water partition coefficient (Wildman–Crippen LogP) is 1.03. The minimum atomic E-state index is -0.982. The van der Waals surface area contributed by atoms with Gasteiger partial charge in [0, 0.05) is 6.42 Å². The molecule has 0 amide bonds. The van der Waals surface area contributed by atoms with Crippen LogP contribution in [0.15, 0.2) is 24.3 Å².